The minimum absolute atomic E-state index is 0.148. The lowest BCUT2D eigenvalue weighted by atomic mass is 9.98. The fourth-order valence-electron chi connectivity index (χ4n) is 2.30. The summed E-state index contributed by atoms with van der Waals surface area (Å²) in [6.45, 7) is 6.01. The molecule has 2 aromatic carbocycles. The highest BCUT2D eigenvalue weighted by molar-refractivity contribution is 6.14. The van der Waals surface area contributed by atoms with Gasteiger partial charge in [-0.3, -0.25) is 9.59 Å². The van der Waals surface area contributed by atoms with Crippen molar-refractivity contribution in [3.63, 3.8) is 0 Å². The van der Waals surface area contributed by atoms with Gasteiger partial charge < -0.3 is 10.1 Å². The number of nitrogens with one attached hydrogen (secondary N) is 1. The van der Waals surface area contributed by atoms with Crippen molar-refractivity contribution in [2.24, 2.45) is 5.92 Å². The van der Waals surface area contributed by atoms with Crippen LogP contribution in [0, 0.1) is 12.8 Å². The van der Waals surface area contributed by atoms with E-state index in [1.807, 2.05) is 32.9 Å². The summed E-state index contributed by atoms with van der Waals surface area (Å²) in [6, 6.07) is 13.6. The van der Waals surface area contributed by atoms with E-state index >= 15 is 0 Å². The molecule has 5 heteroatoms. The van der Waals surface area contributed by atoms with Gasteiger partial charge >= 0.3 is 5.97 Å². The Morgan fingerprint density at radius 3 is 2.19 bits per heavy atom. The maximum absolute atomic E-state index is 12.7. The van der Waals surface area contributed by atoms with Crippen LogP contribution in [0.15, 0.2) is 48.5 Å². The number of ketones is 1. The summed E-state index contributed by atoms with van der Waals surface area (Å²) in [5, 5.41) is 2.67. The molecule has 0 aliphatic carbocycles. The largest absolute Gasteiger partial charge is 0.452 e. The number of aryl methyl sites for hydroxylation is 1. The number of rotatable bonds is 7. The number of carbonyl (C=O) groups is 3. The summed E-state index contributed by atoms with van der Waals surface area (Å²) in [4.78, 5) is 36.8. The van der Waals surface area contributed by atoms with Gasteiger partial charge in [0.2, 0.25) is 0 Å². The van der Waals surface area contributed by atoms with Gasteiger partial charge in [0.1, 0.15) is 0 Å². The molecule has 0 bridgehead atoms. The highest BCUT2D eigenvalue weighted by Gasteiger charge is 2.19. The molecule has 1 N–H and O–H groups in total. The quantitative estimate of drug-likeness (QED) is 0.613. The van der Waals surface area contributed by atoms with E-state index in [2.05, 4.69) is 5.32 Å². The smallest absolute Gasteiger partial charge is 0.339 e. The van der Waals surface area contributed by atoms with E-state index in [9.17, 15) is 14.4 Å². The van der Waals surface area contributed by atoms with E-state index in [1.54, 1.807) is 30.3 Å². The first-order chi connectivity index (χ1) is 12.4. The Hall–Kier alpha value is -2.95. The number of esters is 1. The van der Waals surface area contributed by atoms with Gasteiger partial charge in [-0.2, -0.15) is 0 Å². The molecule has 136 valence electrons. The number of hydrogen-bond donors (Lipinski definition) is 1. The van der Waals surface area contributed by atoms with E-state index in [4.69, 9.17) is 4.74 Å². The van der Waals surface area contributed by atoms with E-state index in [-0.39, 0.29) is 29.4 Å². The normalized spacial score (nSPS) is 10.5. The molecule has 2 aromatic rings. The summed E-state index contributed by atoms with van der Waals surface area (Å²) in [7, 11) is 0. The van der Waals surface area contributed by atoms with Crippen LogP contribution in [-0.4, -0.2) is 30.8 Å². The minimum atomic E-state index is -0.694. The second kappa shape index (κ2) is 8.94. The van der Waals surface area contributed by atoms with Crippen molar-refractivity contribution in [2.75, 3.05) is 13.2 Å². The zero-order valence-corrected chi connectivity index (χ0v) is 15.2. The van der Waals surface area contributed by atoms with Gasteiger partial charge in [0, 0.05) is 17.7 Å². The van der Waals surface area contributed by atoms with E-state index in [1.165, 1.54) is 6.07 Å². The van der Waals surface area contributed by atoms with Gasteiger partial charge in [-0.05, 0) is 18.9 Å². The Morgan fingerprint density at radius 2 is 1.58 bits per heavy atom. The number of hydrogen-bond acceptors (Lipinski definition) is 4. The van der Waals surface area contributed by atoms with Crippen LogP contribution in [0.25, 0.3) is 0 Å². The molecule has 0 radical (unpaired) electrons. The van der Waals surface area contributed by atoms with E-state index < -0.39 is 5.97 Å². The van der Waals surface area contributed by atoms with E-state index in [0.29, 0.717) is 18.0 Å². The average molecular weight is 353 g/mol. The van der Waals surface area contributed by atoms with Gasteiger partial charge in [-0.15, -0.1) is 0 Å². The second-order valence-corrected chi connectivity index (χ2v) is 6.51. The molecule has 0 atom stereocenters. The third kappa shape index (κ3) is 5.28. The van der Waals surface area contributed by atoms with Crippen molar-refractivity contribution in [1.29, 1.82) is 0 Å². The molecule has 0 spiro atoms. The molecule has 0 fully saturated rings. The standard InChI is InChI=1S/C21H23NO4/c1-14(2)12-22-19(23)13-26-21(25)18-7-5-4-6-17(18)20(24)16-10-8-15(3)9-11-16/h4-11,14H,12-13H2,1-3H3,(H,22,23). The molecule has 0 saturated carbocycles. The Kier molecular flexibility index (Phi) is 6.67. The topological polar surface area (TPSA) is 72.5 Å². The lowest BCUT2D eigenvalue weighted by Gasteiger charge is -2.10. The fourth-order valence-corrected chi connectivity index (χ4v) is 2.30. The average Bonchev–Trinajstić information content (AvgIpc) is 2.64. The maximum Gasteiger partial charge on any atom is 0.339 e. The fraction of sp³-hybridized carbons (Fsp3) is 0.286. The third-order valence-electron chi connectivity index (χ3n) is 3.75. The first-order valence-corrected chi connectivity index (χ1v) is 8.52. The molecule has 5 nitrogen and oxygen atoms in total. The van der Waals surface area contributed by atoms with Crippen molar-refractivity contribution in [3.05, 3.63) is 70.8 Å². The summed E-state index contributed by atoms with van der Waals surface area (Å²) in [5.74, 6) is -1.01. The first kappa shape index (κ1) is 19.4. The number of ether oxygens (including phenoxy) is 1. The summed E-state index contributed by atoms with van der Waals surface area (Å²) < 4.78 is 5.06. The van der Waals surface area contributed by atoms with Gasteiger partial charge in [0.25, 0.3) is 5.91 Å². The SMILES string of the molecule is Cc1ccc(C(=O)c2ccccc2C(=O)OCC(=O)NCC(C)C)cc1. The van der Waals surface area contributed by atoms with Crippen molar-refractivity contribution in [2.45, 2.75) is 20.8 Å². The molecule has 26 heavy (non-hydrogen) atoms. The van der Waals surface area contributed by atoms with Crippen molar-refractivity contribution in [1.82, 2.24) is 5.32 Å². The Labute approximate surface area is 153 Å². The molecule has 0 saturated heterocycles. The molecule has 0 aliphatic rings. The molecule has 2 rings (SSSR count). The maximum atomic E-state index is 12.7. The zero-order chi connectivity index (χ0) is 19.1. The van der Waals surface area contributed by atoms with Crippen LogP contribution in [0.2, 0.25) is 0 Å². The highest BCUT2D eigenvalue weighted by Crippen LogP contribution is 2.16. The number of carbonyl (C=O) groups excluding carboxylic acids is 3. The van der Waals surface area contributed by atoms with Crippen LogP contribution in [0.1, 0.15) is 45.7 Å². The van der Waals surface area contributed by atoms with Crippen LogP contribution in [0.5, 0.6) is 0 Å². The van der Waals surface area contributed by atoms with Crippen LogP contribution in [0.3, 0.4) is 0 Å². The van der Waals surface area contributed by atoms with Crippen LogP contribution in [0.4, 0.5) is 0 Å². The molecular weight excluding hydrogens is 330 g/mol. The summed E-state index contributed by atoms with van der Waals surface area (Å²) >= 11 is 0. The molecule has 0 aromatic heterocycles. The predicted molar refractivity (Wildman–Crippen MR) is 99.2 cm³/mol. The lowest BCUT2D eigenvalue weighted by Crippen LogP contribution is -2.31. The van der Waals surface area contributed by atoms with Gasteiger partial charge in [-0.1, -0.05) is 61.9 Å². The van der Waals surface area contributed by atoms with Crippen LogP contribution >= 0.6 is 0 Å². The molecule has 0 unspecified atom stereocenters. The number of benzene rings is 2. The second-order valence-electron chi connectivity index (χ2n) is 6.51. The molecule has 0 heterocycles. The van der Waals surface area contributed by atoms with Gasteiger partial charge in [0.15, 0.2) is 12.4 Å². The van der Waals surface area contributed by atoms with Crippen molar-refractivity contribution in [3.8, 4) is 0 Å². The lowest BCUT2D eigenvalue weighted by molar-refractivity contribution is -0.124. The Balaban J connectivity index is 2.10. The molecule has 1 amide bonds. The Bertz CT molecular complexity index is 794. The summed E-state index contributed by atoms with van der Waals surface area (Å²) in [5.41, 5.74) is 1.94. The van der Waals surface area contributed by atoms with Gasteiger partial charge in [0.05, 0.1) is 5.56 Å². The molecule has 0 aliphatic heterocycles. The summed E-state index contributed by atoms with van der Waals surface area (Å²) in [6.07, 6.45) is 0. The first-order valence-electron chi connectivity index (χ1n) is 8.52. The van der Waals surface area contributed by atoms with Crippen molar-refractivity contribution >= 4 is 17.7 Å². The molecular formula is C21H23NO4. The van der Waals surface area contributed by atoms with Crippen molar-refractivity contribution < 1.29 is 19.1 Å². The predicted octanol–water partition coefficient (Wildman–Crippen LogP) is 3.16. The zero-order valence-electron chi connectivity index (χ0n) is 15.2. The van der Waals surface area contributed by atoms with Gasteiger partial charge in [-0.25, -0.2) is 4.79 Å². The highest BCUT2D eigenvalue weighted by atomic mass is 16.5. The van der Waals surface area contributed by atoms with Crippen LogP contribution < -0.4 is 5.32 Å². The van der Waals surface area contributed by atoms with E-state index in [0.717, 1.165) is 5.56 Å². The monoisotopic (exact) mass is 353 g/mol. The van der Waals surface area contributed by atoms with Crippen LogP contribution in [-0.2, 0) is 9.53 Å². The number of amides is 1. The third-order valence-corrected chi connectivity index (χ3v) is 3.75. The minimum Gasteiger partial charge on any atom is -0.452 e. The Morgan fingerprint density at radius 1 is 0.962 bits per heavy atom.